The molecule has 0 aliphatic carbocycles. The summed E-state index contributed by atoms with van der Waals surface area (Å²) >= 11 is 0. The highest BCUT2D eigenvalue weighted by Gasteiger charge is 2.37. The number of rotatable bonds is 9. The van der Waals surface area contributed by atoms with Crippen molar-refractivity contribution in [3.63, 3.8) is 0 Å². The molecule has 0 saturated heterocycles. The minimum absolute atomic E-state index is 0.311. The third-order valence-corrected chi connectivity index (χ3v) is 5.51. The molecule has 1 atom stereocenters. The molecule has 3 rings (SSSR count). The maximum Gasteiger partial charge on any atom is 0.248 e. The van der Waals surface area contributed by atoms with Crippen molar-refractivity contribution in [3.05, 3.63) is 78.2 Å². The molecule has 3 N–H and O–H groups in total. The summed E-state index contributed by atoms with van der Waals surface area (Å²) < 4.78 is 2.13. The number of aliphatic hydroxyl groups excluding tert-OH is 1. The summed E-state index contributed by atoms with van der Waals surface area (Å²) in [7, 11) is 0. The van der Waals surface area contributed by atoms with E-state index in [1.54, 1.807) is 4.90 Å². The van der Waals surface area contributed by atoms with Crippen LogP contribution in [0.4, 0.5) is 0 Å². The summed E-state index contributed by atoms with van der Waals surface area (Å²) in [5.74, 6) is 0.493. The normalized spacial score (nSPS) is 12.5. The van der Waals surface area contributed by atoms with Crippen LogP contribution in [0.3, 0.4) is 0 Å². The Morgan fingerprint density at radius 2 is 1.72 bits per heavy atom. The number of benzene rings is 2. The first-order valence-electron chi connectivity index (χ1n) is 11.1. The molecule has 0 fully saturated rings. The molecule has 6 heteroatoms. The molecule has 170 valence electrons. The Labute approximate surface area is 190 Å². The fraction of sp³-hybridized carbons (Fsp3) is 0.385. The molecule has 2 aromatic carbocycles. The Hall–Kier alpha value is -2.96. The third kappa shape index (κ3) is 5.64. The van der Waals surface area contributed by atoms with E-state index >= 15 is 0 Å². The highest BCUT2D eigenvalue weighted by atomic mass is 16.3. The Morgan fingerprint density at radius 3 is 2.28 bits per heavy atom. The summed E-state index contributed by atoms with van der Waals surface area (Å²) in [5, 5.41) is 9.70. The third-order valence-electron chi connectivity index (χ3n) is 5.51. The van der Waals surface area contributed by atoms with Crippen molar-refractivity contribution >= 4 is 5.91 Å². The van der Waals surface area contributed by atoms with Gasteiger partial charge in [-0.05, 0) is 23.9 Å². The zero-order valence-corrected chi connectivity index (χ0v) is 19.2. The second-order valence-corrected chi connectivity index (χ2v) is 9.12. The SMILES string of the molecule is CC(C)(C)[C@H](c1nc(-c2ccccc2)cn1Cc1ccccc1)N(CCCN)C(=O)CO. The number of aromatic nitrogens is 2. The lowest BCUT2D eigenvalue weighted by molar-refractivity contribution is -0.139. The van der Waals surface area contributed by atoms with Gasteiger partial charge < -0.3 is 20.3 Å². The van der Waals surface area contributed by atoms with Crippen LogP contribution in [0.2, 0.25) is 0 Å². The first kappa shape index (κ1) is 23.7. The van der Waals surface area contributed by atoms with Crippen LogP contribution in [0.1, 0.15) is 44.6 Å². The average molecular weight is 435 g/mol. The zero-order chi connectivity index (χ0) is 23.1. The largest absolute Gasteiger partial charge is 0.387 e. The van der Waals surface area contributed by atoms with Crippen LogP contribution in [-0.4, -0.2) is 45.2 Å². The first-order chi connectivity index (χ1) is 15.3. The van der Waals surface area contributed by atoms with Crippen molar-refractivity contribution in [1.29, 1.82) is 0 Å². The van der Waals surface area contributed by atoms with Gasteiger partial charge in [-0.3, -0.25) is 4.79 Å². The van der Waals surface area contributed by atoms with Crippen LogP contribution in [0, 0.1) is 5.41 Å². The molecule has 0 aliphatic rings. The van der Waals surface area contributed by atoms with E-state index in [0.717, 1.165) is 22.6 Å². The van der Waals surface area contributed by atoms with Crippen molar-refractivity contribution in [2.45, 2.75) is 39.8 Å². The van der Waals surface area contributed by atoms with E-state index in [1.807, 2.05) is 48.5 Å². The van der Waals surface area contributed by atoms with Gasteiger partial charge >= 0.3 is 0 Å². The van der Waals surface area contributed by atoms with Gasteiger partial charge in [-0.2, -0.15) is 0 Å². The van der Waals surface area contributed by atoms with E-state index in [-0.39, 0.29) is 17.4 Å². The number of aliphatic hydroxyl groups is 1. The van der Waals surface area contributed by atoms with E-state index in [4.69, 9.17) is 10.7 Å². The van der Waals surface area contributed by atoms with Gasteiger partial charge in [-0.25, -0.2) is 4.98 Å². The van der Waals surface area contributed by atoms with E-state index in [0.29, 0.717) is 26.1 Å². The number of imidazole rings is 1. The molecular formula is C26H34N4O2. The number of carbonyl (C=O) groups excluding carboxylic acids is 1. The number of hydrogen-bond acceptors (Lipinski definition) is 4. The van der Waals surface area contributed by atoms with Crippen molar-refractivity contribution < 1.29 is 9.90 Å². The van der Waals surface area contributed by atoms with Crippen LogP contribution < -0.4 is 5.73 Å². The highest BCUT2D eigenvalue weighted by Crippen LogP contribution is 2.39. The summed E-state index contributed by atoms with van der Waals surface area (Å²) in [4.78, 5) is 19.6. The predicted octanol–water partition coefficient (Wildman–Crippen LogP) is 3.86. The molecule has 3 aromatic rings. The number of amides is 1. The van der Waals surface area contributed by atoms with E-state index in [1.165, 1.54) is 0 Å². The Balaban J connectivity index is 2.14. The van der Waals surface area contributed by atoms with Crippen LogP contribution >= 0.6 is 0 Å². The van der Waals surface area contributed by atoms with Crippen molar-refractivity contribution in [3.8, 4) is 11.3 Å². The van der Waals surface area contributed by atoms with Crippen molar-refractivity contribution in [2.75, 3.05) is 19.7 Å². The summed E-state index contributed by atoms with van der Waals surface area (Å²) in [6.45, 7) is 7.34. The van der Waals surface area contributed by atoms with Crippen molar-refractivity contribution in [1.82, 2.24) is 14.5 Å². The molecule has 6 nitrogen and oxygen atoms in total. The Morgan fingerprint density at radius 1 is 1.09 bits per heavy atom. The maximum absolute atomic E-state index is 12.8. The topological polar surface area (TPSA) is 84.4 Å². The van der Waals surface area contributed by atoms with Crippen LogP contribution in [0.5, 0.6) is 0 Å². The first-order valence-corrected chi connectivity index (χ1v) is 11.1. The second-order valence-electron chi connectivity index (χ2n) is 9.12. The smallest absolute Gasteiger partial charge is 0.248 e. The average Bonchev–Trinajstić information content (AvgIpc) is 3.19. The molecule has 1 amide bonds. The highest BCUT2D eigenvalue weighted by molar-refractivity contribution is 5.77. The monoisotopic (exact) mass is 434 g/mol. The van der Waals surface area contributed by atoms with Gasteiger partial charge in [0.1, 0.15) is 12.4 Å². The number of carbonyl (C=O) groups is 1. The molecule has 0 saturated carbocycles. The number of hydrogen-bond donors (Lipinski definition) is 2. The van der Waals surface area contributed by atoms with E-state index in [2.05, 4.69) is 43.7 Å². The molecule has 0 spiro atoms. The van der Waals surface area contributed by atoms with Crippen LogP contribution in [0.25, 0.3) is 11.3 Å². The van der Waals surface area contributed by atoms with Gasteiger partial charge in [0.2, 0.25) is 5.91 Å². The van der Waals surface area contributed by atoms with Gasteiger partial charge in [-0.15, -0.1) is 0 Å². The molecule has 1 heterocycles. The minimum Gasteiger partial charge on any atom is -0.387 e. The summed E-state index contributed by atoms with van der Waals surface area (Å²) in [5.41, 5.74) is 8.48. The minimum atomic E-state index is -0.540. The second kappa shape index (κ2) is 10.6. The molecule has 32 heavy (non-hydrogen) atoms. The van der Waals surface area contributed by atoms with Gasteiger partial charge in [0.15, 0.2) is 0 Å². The zero-order valence-electron chi connectivity index (χ0n) is 19.2. The van der Waals surface area contributed by atoms with Gasteiger partial charge in [0.05, 0.1) is 11.7 Å². The lowest BCUT2D eigenvalue weighted by Gasteiger charge is -2.39. The Bertz CT molecular complexity index is 994. The van der Waals surface area contributed by atoms with Crippen molar-refractivity contribution in [2.24, 2.45) is 11.1 Å². The molecule has 0 bridgehead atoms. The van der Waals surface area contributed by atoms with Gasteiger partial charge in [-0.1, -0.05) is 81.4 Å². The fourth-order valence-corrected chi connectivity index (χ4v) is 4.05. The van der Waals surface area contributed by atoms with E-state index < -0.39 is 6.61 Å². The van der Waals surface area contributed by atoms with Gasteiger partial charge in [0.25, 0.3) is 0 Å². The van der Waals surface area contributed by atoms with Crippen LogP contribution in [-0.2, 0) is 11.3 Å². The predicted molar refractivity (Wildman–Crippen MR) is 128 cm³/mol. The number of nitrogens with zero attached hydrogens (tertiary/aromatic N) is 3. The molecule has 0 unspecified atom stereocenters. The standard InChI is InChI=1S/C26H34N4O2/c1-26(2,3)24(30(16-10-15-27)23(32)19-31)25-28-22(21-13-8-5-9-14-21)18-29(25)17-20-11-6-4-7-12-20/h4-9,11-14,18,24,31H,10,15-17,19,27H2,1-3H3/t24-/m0/s1. The Kier molecular flexibility index (Phi) is 7.83. The number of nitrogens with two attached hydrogens (primary N) is 1. The summed E-state index contributed by atoms with van der Waals surface area (Å²) in [6, 6.07) is 19.9. The fourth-order valence-electron chi connectivity index (χ4n) is 4.05. The van der Waals surface area contributed by atoms with Gasteiger partial charge in [0, 0.05) is 24.8 Å². The van der Waals surface area contributed by atoms with E-state index in [9.17, 15) is 9.90 Å². The maximum atomic E-state index is 12.8. The quantitative estimate of drug-likeness (QED) is 0.536. The molecule has 0 aliphatic heterocycles. The molecule has 0 radical (unpaired) electrons. The lowest BCUT2D eigenvalue weighted by atomic mass is 9.84. The van der Waals surface area contributed by atoms with Crippen LogP contribution in [0.15, 0.2) is 66.9 Å². The summed E-state index contributed by atoms with van der Waals surface area (Å²) in [6.07, 6.45) is 2.71. The molecule has 1 aromatic heterocycles. The lowest BCUT2D eigenvalue weighted by Crippen LogP contribution is -2.44. The molecular weight excluding hydrogens is 400 g/mol.